The SMILES string of the molecule is O=S(=O)(c1cc(Cl)c(Br)s1)N1CCC[C@H]1CO. The second kappa shape index (κ2) is 5.14. The van der Waals surface area contributed by atoms with E-state index in [1.54, 1.807) is 0 Å². The molecule has 17 heavy (non-hydrogen) atoms. The second-order valence-electron chi connectivity index (χ2n) is 3.78. The van der Waals surface area contributed by atoms with Gasteiger partial charge in [-0.15, -0.1) is 11.3 Å². The van der Waals surface area contributed by atoms with Crippen molar-refractivity contribution < 1.29 is 13.5 Å². The van der Waals surface area contributed by atoms with Crippen molar-refractivity contribution in [2.75, 3.05) is 13.2 Å². The first-order valence-electron chi connectivity index (χ1n) is 5.04. The Balaban J connectivity index is 2.36. The average molecular weight is 361 g/mol. The van der Waals surface area contributed by atoms with Gasteiger partial charge in [0.2, 0.25) is 0 Å². The first-order valence-corrected chi connectivity index (χ1v) is 8.47. The van der Waals surface area contributed by atoms with E-state index in [-0.39, 0.29) is 16.9 Å². The fourth-order valence-electron chi connectivity index (χ4n) is 1.88. The third kappa shape index (κ3) is 2.54. The van der Waals surface area contributed by atoms with Crippen LogP contribution in [0.1, 0.15) is 12.8 Å². The van der Waals surface area contributed by atoms with Crippen LogP contribution < -0.4 is 0 Å². The molecule has 0 saturated carbocycles. The third-order valence-corrected chi connectivity index (χ3v) is 7.60. The molecule has 8 heteroatoms. The van der Waals surface area contributed by atoms with E-state index in [1.165, 1.54) is 10.4 Å². The lowest BCUT2D eigenvalue weighted by molar-refractivity contribution is 0.213. The monoisotopic (exact) mass is 359 g/mol. The Kier molecular flexibility index (Phi) is 4.16. The van der Waals surface area contributed by atoms with Crippen LogP contribution in [0, 0.1) is 0 Å². The van der Waals surface area contributed by atoms with E-state index in [9.17, 15) is 8.42 Å². The van der Waals surface area contributed by atoms with E-state index in [0.29, 0.717) is 21.8 Å². The van der Waals surface area contributed by atoms with Crippen LogP contribution in [-0.2, 0) is 10.0 Å². The molecule has 0 bridgehead atoms. The predicted octanol–water partition coefficient (Wildman–Crippen LogP) is 2.31. The molecule has 0 aromatic carbocycles. The summed E-state index contributed by atoms with van der Waals surface area (Å²) in [6, 6.07) is 1.14. The lowest BCUT2D eigenvalue weighted by Gasteiger charge is -2.21. The van der Waals surface area contributed by atoms with Crippen LogP contribution in [0.2, 0.25) is 5.02 Å². The van der Waals surface area contributed by atoms with Gasteiger partial charge in [-0.2, -0.15) is 4.31 Å². The summed E-state index contributed by atoms with van der Waals surface area (Å²) in [5.41, 5.74) is 0. The minimum absolute atomic E-state index is 0.139. The van der Waals surface area contributed by atoms with Crippen molar-refractivity contribution >= 4 is 48.9 Å². The van der Waals surface area contributed by atoms with Crippen molar-refractivity contribution in [2.45, 2.75) is 23.1 Å². The molecule has 0 radical (unpaired) electrons. The highest BCUT2D eigenvalue weighted by molar-refractivity contribution is 9.11. The van der Waals surface area contributed by atoms with Crippen molar-refractivity contribution in [3.8, 4) is 0 Å². The Hall–Kier alpha value is 0.340. The molecule has 4 nitrogen and oxygen atoms in total. The molecule has 1 fully saturated rings. The molecule has 1 aromatic heterocycles. The summed E-state index contributed by atoms with van der Waals surface area (Å²) in [7, 11) is -3.52. The minimum atomic E-state index is -3.52. The summed E-state index contributed by atoms with van der Waals surface area (Å²) in [6.45, 7) is 0.320. The van der Waals surface area contributed by atoms with Gasteiger partial charge >= 0.3 is 0 Å². The normalized spacial score (nSPS) is 22.2. The second-order valence-corrected chi connectivity index (χ2v) is 8.68. The highest BCUT2D eigenvalue weighted by Crippen LogP contribution is 2.37. The molecule has 1 aliphatic heterocycles. The molecule has 1 saturated heterocycles. The summed E-state index contributed by atoms with van der Waals surface area (Å²) in [6.07, 6.45) is 1.49. The highest BCUT2D eigenvalue weighted by Gasteiger charge is 2.36. The van der Waals surface area contributed by atoms with Crippen molar-refractivity contribution in [3.05, 3.63) is 14.9 Å². The molecule has 1 N–H and O–H groups in total. The maximum absolute atomic E-state index is 12.3. The lowest BCUT2D eigenvalue weighted by atomic mass is 10.2. The zero-order valence-corrected chi connectivity index (χ0v) is 12.7. The quantitative estimate of drug-likeness (QED) is 0.900. The summed E-state index contributed by atoms with van der Waals surface area (Å²) < 4.78 is 26.8. The zero-order chi connectivity index (χ0) is 12.6. The van der Waals surface area contributed by atoms with Crippen LogP contribution in [0.3, 0.4) is 0 Å². The number of aliphatic hydroxyl groups excluding tert-OH is 1. The Morgan fingerprint density at radius 3 is 2.88 bits per heavy atom. The van der Waals surface area contributed by atoms with Crippen LogP contribution in [-0.4, -0.2) is 37.0 Å². The molecular weight excluding hydrogens is 350 g/mol. The topological polar surface area (TPSA) is 57.6 Å². The highest BCUT2D eigenvalue weighted by atomic mass is 79.9. The van der Waals surface area contributed by atoms with Gasteiger partial charge in [-0.05, 0) is 34.8 Å². The molecular formula is C9H11BrClNO3S2. The van der Waals surface area contributed by atoms with Gasteiger partial charge in [-0.1, -0.05) is 11.6 Å². The maximum Gasteiger partial charge on any atom is 0.252 e. The van der Waals surface area contributed by atoms with E-state index in [2.05, 4.69) is 15.9 Å². The van der Waals surface area contributed by atoms with Gasteiger partial charge in [0, 0.05) is 12.6 Å². The van der Waals surface area contributed by atoms with Crippen LogP contribution >= 0.6 is 38.9 Å². The number of halogens is 2. The smallest absolute Gasteiger partial charge is 0.252 e. The minimum Gasteiger partial charge on any atom is -0.395 e. The van der Waals surface area contributed by atoms with Crippen molar-refractivity contribution in [2.24, 2.45) is 0 Å². The number of nitrogens with zero attached hydrogens (tertiary/aromatic N) is 1. The van der Waals surface area contributed by atoms with E-state index >= 15 is 0 Å². The van der Waals surface area contributed by atoms with Gasteiger partial charge in [0.25, 0.3) is 10.0 Å². The summed E-state index contributed by atoms with van der Waals surface area (Å²) >= 11 is 10.1. The Labute approximate surface area is 117 Å². The van der Waals surface area contributed by atoms with Gasteiger partial charge in [0.15, 0.2) is 0 Å². The third-order valence-electron chi connectivity index (χ3n) is 2.72. The van der Waals surface area contributed by atoms with E-state index < -0.39 is 10.0 Å². The first-order chi connectivity index (χ1) is 7.96. The van der Waals surface area contributed by atoms with Crippen LogP contribution in [0.15, 0.2) is 14.1 Å². The van der Waals surface area contributed by atoms with Crippen molar-refractivity contribution in [1.82, 2.24) is 4.31 Å². The summed E-state index contributed by atoms with van der Waals surface area (Å²) in [4.78, 5) is 0. The van der Waals surface area contributed by atoms with Crippen LogP contribution in [0.25, 0.3) is 0 Å². The molecule has 96 valence electrons. The molecule has 2 heterocycles. The Morgan fingerprint density at radius 2 is 2.35 bits per heavy atom. The standard InChI is InChI=1S/C9H11BrClNO3S2/c10-9-7(11)4-8(16-9)17(14,15)12-3-1-2-6(12)5-13/h4,6,13H,1-3,5H2/t6-/m0/s1. The Morgan fingerprint density at radius 1 is 1.65 bits per heavy atom. The Bertz CT molecular complexity index is 497. The zero-order valence-electron chi connectivity index (χ0n) is 8.77. The van der Waals surface area contributed by atoms with E-state index in [1.807, 2.05) is 0 Å². The van der Waals surface area contributed by atoms with E-state index in [0.717, 1.165) is 17.8 Å². The summed E-state index contributed by atoms with van der Waals surface area (Å²) in [5.74, 6) is 0. The lowest BCUT2D eigenvalue weighted by Crippen LogP contribution is -2.37. The van der Waals surface area contributed by atoms with Gasteiger partial charge in [-0.25, -0.2) is 8.42 Å². The largest absolute Gasteiger partial charge is 0.395 e. The van der Waals surface area contributed by atoms with Crippen LogP contribution in [0.4, 0.5) is 0 Å². The van der Waals surface area contributed by atoms with Gasteiger partial charge < -0.3 is 5.11 Å². The number of hydrogen-bond donors (Lipinski definition) is 1. The number of hydrogen-bond acceptors (Lipinski definition) is 4. The van der Waals surface area contributed by atoms with E-state index in [4.69, 9.17) is 16.7 Å². The number of sulfonamides is 1. The molecule has 1 atom stereocenters. The average Bonchev–Trinajstić information content (AvgIpc) is 2.86. The first kappa shape index (κ1) is 13.8. The molecule has 0 spiro atoms. The van der Waals surface area contributed by atoms with Crippen molar-refractivity contribution in [1.29, 1.82) is 0 Å². The molecule has 2 rings (SSSR count). The molecule has 1 aliphatic rings. The fraction of sp³-hybridized carbons (Fsp3) is 0.556. The maximum atomic E-state index is 12.3. The molecule has 0 amide bonds. The van der Waals surface area contributed by atoms with Gasteiger partial charge in [0.05, 0.1) is 15.4 Å². The van der Waals surface area contributed by atoms with Crippen LogP contribution in [0.5, 0.6) is 0 Å². The van der Waals surface area contributed by atoms with Gasteiger partial charge in [-0.3, -0.25) is 0 Å². The fourth-order valence-corrected chi connectivity index (χ4v) is 6.09. The van der Waals surface area contributed by atoms with Gasteiger partial charge in [0.1, 0.15) is 4.21 Å². The number of thiophene rings is 1. The predicted molar refractivity (Wildman–Crippen MR) is 71.0 cm³/mol. The van der Waals surface area contributed by atoms with Crippen molar-refractivity contribution in [3.63, 3.8) is 0 Å². The molecule has 0 unspecified atom stereocenters. The molecule has 1 aromatic rings. The number of aliphatic hydroxyl groups is 1. The summed E-state index contributed by atoms with van der Waals surface area (Å²) in [5, 5.41) is 9.57. The molecule has 0 aliphatic carbocycles. The number of rotatable bonds is 3.